The number of carbonyl (C=O) groups excluding carboxylic acids is 1. The fourth-order valence-electron chi connectivity index (χ4n) is 4.06. The Morgan fingerprint density at radius 3 is 2.31 bits per heavy atom. The van der Waals surface area contributed by atoms with Crippen molar-refractivity contribution in [2.24, 2.45) is 4.99 Å². The van der Waals surface area contributed by atoms with Gasteiger partial charge in [-0.25, -0.2) is 0 Å². The van der Waals surface area contributed by atoms with E-state index >= 15 is 0 Å². The van der Waals surface area contributed by atoms with Gasteiger partial charge in [-0.1, -0.05) is 66.7 Å². The molecule has 2 N–H and O–H groups in total. The summed E-state index contributed by atoms with van der Waals surface area (Å²) in [6.45, 7) is 0.482. The number of carboxylic acid groups (broad SMARTS) is 1. The zero-order valence-corrected chi connectivity index (χ0v) is 17.6. The molecule has 162 valence electrons. The monoisotopic (exact) mass is 427 g/mol. The molecule has 3 aromatic rings. The smallest absolute Gasteiger partial charge is 0.325 e. The Balaban J connectivity index is 1.63. The van der Waals surface area contributed by atoms with Crippen LogP contribution in [0.25, 0.3) is 0 Å². The zero-order valence-electron chi connectivity index (χ0n) is 17.6. The summed E-state index contributed by atoms with van der Waals surface area (Å²) in [5.74, 6) is -1.09. The SMILES string of the molecule is O=C(O)CN=C(c1ccccc1)c1ccccc1NC(=O)C1CCCN1c1ccccc1. The Bertz CT molecular complexity index is 1110. The van der Waals surface area contributed by atoms with E-state index in [1.54, 1.807) is 0 Å². The van der Waals surface area contributed by atoms with Gasteiger partial charge in [-0.3, -0.25) is 14.6 Å². The van der Waals surface area contributed by atoms with Crippen LogP contribution in [0.5, 0.6) is 0 Å². The first-order valence-corrected chi connectivity index (χ1v) is 10.7. The molecular formula is C26H25N3O3. The van der Waals surface area contributed by atoms with Crippen LogP contribution in [0.2, 0.25) is 0 Å². The molecule has 4 rings (SSSR count). The van der Waals surface area contributed by atoms with Gasteiger partial charge in [0.05, 0.1) is 11.4 Å². The van der Waals surface area contributed by atoms with E-state index in [1.165, 1.54) is 0 Å². The summed E-state index contributed by atoms with van der Waals surface area (Å²) in [6, 6.07) is 26.5. The quantitative estimate of drug-likeness (QED) is 0.553. The number of amides is 1. The number of rotatable bonds is 7. The second kappa shape index (κ2) is 9.92. The van der Waals surface area contributed by atoms with E-state index in [0.717, 1.165) is 30.6 Å². The maximum atomic E-state index is 13.3. The highest BCUT2D eigenvalue weighted by molar-refractivity contribution is 6.17. The minimum atomic E-state index is -1.01. The van der Waals surface area contributed by atoms with Crippen LogP contribution >= 0.6 is 0 Å². The van der Waals surface area contributed by atoms with Crippen molar-refractivity contribution < 1.29 is 14.7 Å². The van der Waals surface area contributed by atoms with Gasteiger partial charge < -0.3 is 15.3 Å². The average Bonchev–Trinajstić information content (AvgIpc) is 3.32. The maximum absolute atomic E-state index is 13.3. The maximum Gasteiger partial charge on any atom is 0.325 e. The van der Waals surface area contributed by atoms with Crippen molar-refractivity contribution >= 4 is 29.0 Å². The molecule has 3 aromatic carbocycles. The summed E-state index contributed by atoms with van der Waals surface area (Å²) in [5.41, 5.74) is 3.67. The molecule has 1 heterocycles. The van der Waals surface area contributed by atoms with Crippen molar-refractivity contribution in [3.8, 4) is 0 Å². The molecular weight excluding hydrogens is 402 g/mol. The predicted octanol–water partition coefficient (Wildman–Crippen LogP) is 4.22. The van der Waals surface area contributed by atoms with E-state index in [1.807, 2.05) is 84.9 Å². The number of para-hydroxylation sites is 2. The van der Waals surface area contributed by atoms with Crippen molar-refractivity contribution in [2.45, 2.75) is 18.9 Å². The molecule has 1 fully saturated rings. The normalized spacial score (nSPS) is 16.1. The van der Waals surface area contributed by atoms with E-state index in [9.17, 15) is 9.59 Å². The van der Waals surface area contributed by atoms with Gasteiger partial charge >= 0.3 is 5.97 Å². The van der Waals surface area contributed by atoms with E-state index in [4.69, 9.17) is 5.11 Å². The number of hydrogen-bond acceptors (Lipinski definition) is 4. The molecule has 6 nitrogen and oxygen atoms in total. The molecule has 1 saturated heterocycles. The first kappa shape index (κ1) is 21.3. The lowest BCUT2D eigenvalue weighted by atomic mass is 10.00. The van der Waals surface area contributed by atoms with Crippen LogP contribution in [-0.4, -0.2) is 41.8 Å². The summed E-state index contributed by atoms with van der Waals surface area (Å²) in [5, 5.41) is 12.3. The van der Waals surface area contributed by atoms with Crippen LogP contribution in [0.15, 0.2) is 89.9 Å². The third-order valence-electron chi connectivity index (χ3n) is 5.50. The number of anilines is 2. The number of nitrogens with zero attached hydrogens (tertiary/aromatic N) is 2. The molecule has 0 aliphatic carbocycles. The second-order valence-electron chi connectivity index (χ2n) is 7.65. The second-order valence-corrected chi connectivity index (χ2v) is 7.65. The Morgan fingerprint density at radius 2 is 1.59 bits per heavy atom. The Labute approximate surface area is 187 Å². The molecule has 1 unspecified atom stereocenters. The van der Waals surface area contributed by atoms with Gasteiger partial charge in [0.2, 0.25) is 5.91 Å². The fraction of sp³-hybridized carbons (Fsp3) is 0.192. The first-order valence-electron chi connectivity index (χ1n) is 10.7. The molecule has 0 bridgehead atoms. The topological polar surface area (TPSA) is 82.0 Å². The summed E-state index contributed by atoms with van der Waals surface area (Å²) in [7, 11) is 0. The summed E-state index contributed by atoms with van der Waals surface area (Å²) in [4.78, 5) is 31.0. The molecule has 6 heteroatoms. The van der Waals surface area contributed by atoms with Crippen molar-refractivity contribution in [3.63, 3.8) is 0 Å². The highest BCUT2D eigenvalue weighted by atomic mass is 16.4. The minimum Gasteiger partial charge on any atom is -0.480 e. The van der Waals surface area contributed by atoms with Crippen molar-refractivity contribution in [2.75, 3.05) is 23.3 Å². The average molecular weight is 428 g/mol. The first-order chi connectivity index (χ1) is 15.6. The van der Waals surface area contributed by atoms with Crippen LogP contribution in [0.3, 0.4) is 0 Å². The highest BCUT2D eigenvalue weighted by Gasteiger charge is 2.31. The lowest BCUT2D eigenvalue weighted by Crippen LogP contribution is -2.40. The van der Waals surface area contributed by atoms with Crippen LogP contribution in [-0.2, 0) is 9.59 Å². The molecule has 1 amide bonds. The fourth-order valence-corrected chi connectivity index (χ4v) is 4.06. The van der Waals surface area contributed by atoms with Gasteiger partial charge in [0.1, 0.15) is 12.6 Å². The van der Waals surface area contributed by atoms with Gasteiger partial charge in [0, 0.05) is 23.4 Å². The lowest BCUT2D eigenvalue weighted by molar-refractivity contribution is -0.135. The van der Waals surface area contributed by atoms with E-state index in [-0.39, 0.29) is 18.5 Å². The van der Waals surface area contributed by atoms with Crippen molar-refractivity contribution in [3.05, 3.63) is 96.1 Å². The molecule has 0 aromatic heterocycles. The van der Waals surface area contributed by atoms with Gasteiger partial charge in [-0.2, -0.15) is 0 Å². The molecule has 1 aliphatic heterocycles. The molecule has 1 aliphatic rings. The van der Waals surface area contributed by atoms with E-state index in [0.29, 0.717) is 17.0 Å². The number of aliphatic carboxylic acids is 1. The van der Waals surface area contributed by atoms with E-state index < -0.39 is 5.97 Å². The van der Waals surface area contributed by atoms with Crippen LogP contribution in [0.4, 0.5) is 11.4 Å². The number of nitrogens with one attached hydrogen (secondary N) is 1. The highest BCUT2D eigenvalue weighted by Crippen LogP contribution is 2.27. The van der Waals surface area contributed by atoms with Crippen LogP contribution < -0.4 is 10.2 Å². The summed E-state index contributed by atoms with van der Waals surface area (Å²) < 4.78 is 0. The van der Waals surface area contributed by atoms with Gasteiger partial charge in [-0.05, 0) is 31.0 Å². The number of benzene rings is 3. The largest absolute Gasteiger partial charge is 0.480 e. The number of carboxylic acids is 1. The molecule has 1 atom stereocenters. The Kier molecular flexibility index (Phi) is 6.60. The van der Waals surface area contributed by atoms with Crippen LogP contribution in [0, 0.1) is 0 Å². The Hall–Kier alpha value is -3.93. The number of aliphatic imine (C=N–C) groups is 1. The molecule has 0 spiro atoms. The van der Waals surface area contributed by atoms with Gasteiger partial charge in [0.25, 0.3) is 0 Å². The minimum absolute atomic E-state index is 0.0792. The number of hydrogen-bond donors (Lipinski definition) is 2. The van der Waals surface area contributed by atoms with Crippen LogP contribution in [0.1, 0.15) is 24.0 Å². The standard InChI is InChI=1S/C26H25N3O3/c30-24(31)18-27-25(19-10-3-1-4-11-19)21-14-7-8-15-22(21)28-26(32)23-16-9-17-29(23)20-12-5-2-6-13-20/h1-8,10-15,23H,9,16-18H2,(H,28,32)(H,30,31). The van der Waals surface area contributed by atoms with Crippen molar-refractivity contribution in [1.82, 2.24) is 0 Å². The van der Waals surface area contributed by atoms with Gasteiger partial charge in [-0.15, -0.1) is 0 Å². The third-order valence-corrected chi connectivity index (χ3v) is 5.50. The third kappa shape index (κ3) is 4.86. The summed E-state index contributed by atoms with van der Waals surface area (Å²) in [6.07, 6.45) is 1.73. The summed E-state index contributed by atoms with van der Waals surface area (Å²) >= 11 is 0. The number of carbonyl (C=O) groups is 2. The molecule has 32 heavy (non-hydrogen) atoms. The lowest BCUT2D eigenvalue weighted by Gasteiger charge is -2.26. The van der Waals surface area contributed by atoms with Gasteiger partial charge in [0.15, 0.2) is 0 Å². The molecule has 0 radical (unpaired) electrons. The predicted molar refractivity (Wildman–Crippen MR) is 126 cm³/mol. The zero-order chi connectivity index (χ0) is 22.3. The Morgan fingerprint density at radius 1 is 0.938 bits per heavy atom. The van der Waals surface area contributed by atoms with Crippen molar-refractivity contribution in [1.29, 1.82) is 0 Å². The molecule has 0 saturated carbocycles. The van der Waals surface area contributed by atoms with E-state index in [2.05, 4.69) is 15.2 Å².